The van der Waals surface area contributed by atoms with Crippen molar-refractivity contribution in [1.82, 2.24) is 28.3 Å². The fourth-order valence-corrected chi connectivity index (χ4v) is 11.0. The van der Waals surface area contributed by atoms with Gasteiger partial charge in [0.15, 0.2) is 5.60 Å². The van der Waals surface area contributed by atoms with Gasteiger partial charge in [-0.15, -0.1) is 0 Å². The third-order valence-corrected chi connectivity index (χ3v) is 14.9. The van der Waals surface area contributed by atoms with Gasteiger partial charge in [0, 0.05) is 85.6 Å². The van der Waals surface area contributed by atoms with Crippen LogP contribution in [0.2, 0.25) is 0 Å². The second-order valence-electron chi connectivity index (χ2n) is 19.3. The molecule has 0 bridgehead atoms. The van der Waals surface area contributed by atoms with Crippen LogP contribution in [0.15, 0.2) is 94.9 Å². The molecular weight excluding hydrogens is 862 g/mol. The van der Waals surface area contributed by atoms with E-state index in [1.807, 2.05) is 50.8 Å². The van der Waals surface area contributed by atoms with Crippen molar-refractivity contribution in [2.45, 2.75) is 108 Å². The number of piperidine rings is 1. The van der Waals surface area contributed by atoms with Crippen LogP contribution in [0.1, 0.15) is 77.1 Å². The summed E-state index contributed by atoms with van der Waals surface area (Å²) >= 11 is 0. The molecule has 3 aromatic carbocycles. The van der Waals surface area contributed by atoms with Gasteiger partial charge in [-0.2, -0.15) is 0 Å². The number of benzene rings is 3. The summed E-state index contributed by atoms with van der Waals surface area (Å²) in [4.78, 5) is 43.8. The minimum absolute atomic E-state index is 0.00667. The van der Waals surface area contributed by atoms with Crippen molar-refractivity contribution in [2.75, 3.05) is 37.7 Å². The molecule has 16 heteroatoms. The molecule has 6 aromatic rings. The predicted molar refractivity (Wildman–Crippen MR) is 252 cm³/mol. The molecule has 1 saturated carbocycles. The number of pyridine rings is 1. The maximum atomic E-state index is 16.2. The first-order chi connectivity index (χ1) is 31.4. The number of amides is 1. The smallest absolute Gasteiger partial charge is 0.410 e. The van der Waals surface area contributed by atoms with Crippen LogP contribution in [0.5, 0.6) is 0 Å². The van der Waals surface area contributed by atoms with Crippen LogP contribution in [0, 0.1) is 12.7 Å². The molecule has 5 heterocycles. The molecule has 1 N–H and O–H groups in total. The van der Waals surface area contributed by atoms with Gasteiger partial charge in [0.05, 0.1) is 28.8 Å². The van der Waals surface area contributed by atoms with Crippen LogP contribution in [-0.2, 0) is 32.1 Å². The third kappa shape index (κ3) is 8.37. The van der Waals surface area contributed by atoms with Crippen LogP contribution < -0.4 is 10.5 Å². The minimum Gasteiger partial charge on any atom is -0.444 e. The Morgan fingerprint density at radius 1 is 0.909 bits per heavy atom. The summed E-state index contributed by atoms with van der Waals surface area (Å²) in [6.07, 6.45) is 5.67. The zero-order valence-electron chi connectivity index (χ0n) is 38.6. The highest BCUT2D eigenvalue weighted by atomic mass is 32.2. The van der Waals surface area contributed by atoms with Crippen molar-refractivity contribution in [3.05, 3.63) is 118 Å². The molecule has 1 amide bonds. The van der Waals surface area contributed by atoms with Crippen molar-refractivity contribution >= 4 is 43.9 Å². The minimum atomic E-state index is -4.15. The number of aliphatic hydroxyl groups excluding tert-OH is 1. The number of anilines is 1. The fourth-order valence-electron chi connectivity index (χ4n) is 9.66. The van der Waals surface area contributed by atoms with Gasteiger partial charge < -0.3 is 28.9 Å². The molecule has 1 unspecified atom stereocenters. The number of piperazine rings is 1. The van der Waals surface area contributed by atoms with Gasteiger partial charge in [0.25, 0.3) is 15.6 Å². The van der Waals surface area contributed by atoms with Gasteiger partial charge in [0.2, 0.25) is 5.95 Å². The average Bonchev–Trinajstić information content (AvgIpc) is 3.99. The second-order valence-corrected chi connectivity index (χ2v) is 21.1. The van der Waals surface area contributed by atoms with Crippen molar-refractivity contribution in [3.63, 3.8) is 0 Å². The summed E-state index contributed by atoms with van der Waals surface area (Å²) in [6.45, 7) is 13.7. The number of hydrogen-bond acceptors (Lipinski definition) is 11. The normalized spacial score (nSPS) is 20.0. The molecule has 3 aliphatic rings. The first kappa shape index (κ1) is 45.5. The van der Waals surface area contributed by atoms with E-state index in [-0.39, 0.29) is 46.3 Å². The van der Waals surface area contributed by atoms with E-state index in [1.54, 1.807) is 49.6 Å². The highest BCUT2D eigenvalue weighted by molar-refractivity contribution is 7.90. The number of aromatic nitrogens is 4. The maximum absolute atomic E-state index is 16.2. The number of aryl methyl sites for hydroxylation is 2. The van der Waals surface area contributed by atoms with Crippen molar-refractivity contribution < 1.29 is 32.2 Å². The van der Waals surface area contributed by atoms with E-state index in [4.69, 9.17) is 19.4 Å². The molecule has 3 fully saturated rings. The Morgan fingerprint density at radius 2 is 1.62 bits per heavy atom. The Kier molecular flexibility index (Phi) is 11.8. The number of carbonyl (C=O) groups is 1. The topological polar surface area (TPSA) is 152 Å². The summed E-state index contributed by atoms with van der Waals surface area (Å²) in [5.74, 6) is -0.125. The Bertz CT molecular complexity index is 2990. The SMILES string of the molecule is Cc1ccc(S(=O)(=O)n2ccc3c(-c4ccc5nc(N6CCC(N7C[C@@H](C)N(C(=O)OC(C)(C)C)C[C@@H]7C)CC6)nc(C(CO)(OC6CC6)c6ccccc6F)c5c4)cn(C)c(=O)c32)cc1. The number of rotatable bonds is 10. The van der Waals surface area contributed by atoms with E-state index < -0.39 is 39.2 Å². The number of aliphatic hydroxyl groups is 1. The lowest BCUT2D eigenvalue weighted by atomic mass is 9.87. The van der Waals surface area contributed by atoms with Crippen LogP contribution in [0.25, 0.3) is 32.9 Å². The van der Waals surface area contributed by atoms with Crippen LogP contribution in [0.3, 0.4) is 0 Å². The first-order valence-electron chi connectivity index (χ1n) is 22.8. The molecule has 14 nitrogen and oxygen atoms in total. The Hall–Kier alpha value is -5.68. The first-order valence-corrected chi connectivity index (χ1v) is 24.2. The fraction of sp³-hybridized carbons (Fsp3) is 0.440. The number of carbonyl (C=O) groups excluding carboxylic acids is 1. The maximum Gasteiger partial charge on any atom is 0.410 e. The van der Waals surface area contributed by atoms with Crippen LogP contribution >= 0.6 is 0 Å². The van der Waals surface area contributed by atoms with E-state index >= 15 is 4.39 Å². The van der Waals surface area contributed by atoms with Crippen molar-refractivity contribution in [3.8, 4) is 11.1 Å². The van der Waals surface area contributed by atoms with Gasteiger partial charge >= 0.3 is 6.09 Å². The molecule has 66 heavy (non-hydrogen) atoms. The van der Waals surface area contributed by atoms with Gasteiger partial charge in [-0.25, -0.2) is 31.5 Å². The van der Waals surface area contributed by atoms with Crippen LogP contribution in [0.4, 0.5) is 15.1 Å². The summed E-state index contributed by atoms with van der Waals surface area (Å²) in [6, 6.07) is 20.3. The number of nitrogens with zero attached hydrogens (tertiary/aromatic N) is 7. The largest absolute Gasteiger partial charge is 0.444 e. The Labute approximate surface area is 384 Å². The van der Waals surface area contributed by atoms with Gasteiger partial charge in [0.1, 0.15) is 16.9 Å². The summed E-state index contributed by atoms with van der Waals surface area (Å²) < 4.78 is 59.1. The lowest BCUT2D eigenvalue weighted by molar-refractivity contribution is -0.0691. The van der Waals surface area contributed by atoms with E-state index in [9.17, 15) is 23.1 Å². The molecule has 0 spiro atoms. The van der Waals surface area contributed by atoms with Gasteiger partial charge in [-0.3, -0.25) is 9.69 Å². The predicted octanol–water partition coefficient (Wildman–Crippen LogP) is 7.35. The summed E-state index contributed by atoms with van der Waals surface area (Å²) in [7, 11) is -2.57. The number of ether oxygens (including phenoxy) is 2. The number of fused-ring (bicyclic) bond motifs is 2. The molecular formula is C50H58FN7O7S. The third-order valence-electron chi connectivity index (χ3n) is 13.2. The molecule has 3 atom stereocenters. The van der Waals surface area contributed by atoms with Gasteiger partial charge in [-0.05, 0) is 109 Å². The molecule has 1 aliphatic carbocycles. The number of hydrogen-bond donors (Lipinski definition) is 1. The molecule has 9 rings (SSSR count). The lowest BCUT2D eigenvalue weighted by Crippen LogP contribution is -2.62. The Morgan fingerprint density at radius 3 is 2.29 bits per heavy atom. The highest BCUT2D eigenvalue weighted by Crippen LogP contribution is 2.44. The van der Waals surface area contributed by atoms with Crippen LogP contribution in [-0.4, -0.2) is 111 Å². The zero-order valence-corrected chi connectivity index (χ0v) is 39.4. The highest BCUT2D eigenvalue weighted by Gasteiger charge is 2.46. The van der Waals surface area contributed by atoms with E-state index in [0.717, 1.165) is 41.8 Å². The van der Waals surface area contributed by atoms with E-state index in [0.29, 0.717) is 58.7 Å². The summed E-state index contributed by atoms with van der Waals surface area (Å²) in [5.41, 5.74) is 0.279. The molecule has 3 aromatic heterocycles. The average molecular weight is 920 g/mol. The summed E-state index contributed by atoms with van der Waals surface area (Å²) in [5, 5.41) is 12.5. The standard InChI is InChI=1S/C50H58FN7O7S/c1-31-12-17-37(18-13-31)66(62,63)58-25-22-38-40(29-54(7)46(60)44(38)58)34-14-19-43-39(26-34)45(50(30-59,64-36-15-16-36)41-10-8-9-11-42(41)51)53-47(52-43)55-23-20-35(21-24-55)56-27-33(3)57(28-32(56)2)48(61)65-49(4,5)6/h8-14,17-19,22,25-26,29,32-33,35-36,59H,15-16,20-21,23-24,27-28,30H2,1-7H3/t32-,33+,50?/m0/s1. The monoisotopic (exact) mass is 919 g/mol. The van der Waals surface area contributed by atoms with E-state index in [1.165, 1.54) is 29.0 Å². The lowest BCUT2D eigenvalue weighted by Gasteiger charge is -2.49. The van der Waals surface area contributed by atoms with Gasteiger partial charge in [-0.1, -0.05) is 42.0 Å². The zero-order chi connectivity index (χ0) is 46.9. The van der Waals surface area contributed by atoms with Crippen molar-refractivity contribution in [2.24, 2.45) is 7.05 Å². The molecule has 348 valence electrons. The molecule has 0 radical (unpaired) electrons. The molecule has 2 aliphatic heterocycles. The second kappa shape index (κ2) is 17.2. The van der Waals surface area contributed by atoms with E-state index in [2.05, 4.69) is 23.6 Å². The Balaban J connectivity index is 1.11. The molecule has 2 saturated heterocycles. The quantitative estimate of drug-likeness (QED) is 0.147. The van der Waals surface area contributed by atoms with Crippen molar-refractivity contribution in [1.29, 1.82) is 0 Å². The number of halogens is 1.